The van der Waals surface area contributed by atoms with Gasteiger partial charge in [-0.1, -0.05) is 6.92 Å². The van der Waals surface area contributed by atoms with Crippen molar-refractivity contribution in [1.29, 1.82) is 0 Å². The highest BCUT2D eigenvalue weighted by Gasteiger charge is 2.84. The van der Waals surface area contributed by atoms with Gasteiger partial charge in [0, 0.05) is 0 Å². The Labute approximate surface area is 99.1 Å². The largest absolute Gasteiger partial charge is 0.385 e. The summed E-state index contributed by atoms with van der Waals surface area (Å²) in [5, 5.41) is 0. The van der Waals surface area contributed by atoms with Crippen LogP contribution in [0.2, 0.25) is 0 Å². The molecule has 0 N–H and O–H groups in total. The summed E-state index contributed by atoms with van der Waals surface area (Å²) < 4.78 is 136. The van der Waals surface area contributed by atoms with Crippen LogP contribution in [0.15, 0.2) is 0 Å². The molecule has 115 valence electrons. The Morgan fingerprint density at radius 2 is 1.21 bits per heavy atom. The van der Waals surface area contributed by atoms with Crippen LogP contribution in [0.25, 0.3) is 0 Å². The average molecular weight is 311 g/mol. The molecule has 0 bridgehead atoms. The molecule has 0 nitrogen and oxygen atoms in total. The van der Waals surface area contributed by atoms with Crippen LogP contribution < -0.4 is 0 Å². The van der Waals surface area contributed by atoms with Crippen molar-refractivity contribution in [2.24, 2.45) is 0 Å². The minimum Gasteiger partial charge on any atom is -0.241 e. The summed E-state index contributed by atoms with van der Waals surface area (Å²) in [5.41, 5.74) is 0. The number of alkyl halides is 9. The molecule has 0 saturated heterocycles. The molecule has 0 amide bonds. The maximum absolute atomic E-state index is 12.7. The normalized spacial score (nSPS) is 16.9. The van der Waals surface area contributed by atoms with Gasteiger partial charge in [0.05, 0.1) is 0 Å². The Morgan fingerprint density at radius 1 is 0.842 bits per heavy atom. The highest BCUT2D eigenvalue weighted by Crippen LogP contribution is 2.57. The second-order valence-electron chi connectivity index (χ2n) is 3.48. The van der Waals surface area contributed by atoms with Gasteiger partial charge in [0.2, 0.25) is 0 Å². The van der Waals surface area contributed by atoms with Crippen LogP contribution in [0.3, 0.4) is 0 Å². The van der Waals surface area contributed by atoms with E-state index in [2.05, 4.69) is 0 Å². The van der Waals surface area contributed by atoms with Crippen LogP contribution >= 0.6 is 0 Å². The van der Waals surface area contributed by atoms with Gasteiger partial charge in [0.1, 0.15) is 0 Å². The molecule has 0 aromatic rings. The fraction of sp³-hybridized carbons (Fsp3) is 0.875. The lowest BCUT2D eigenvalue weighted by Crippen LogP contribution is -2.65. The van der Waals surface area contributed by atoms with E-state index in [1.165, 1.54) is 0 Å². The molecular weight excluding hydrogens is 305 g/mol. The van der Waals surface area contributed by atoms with Gasteiger partial charge in [-0.2, -0.15) is 43.9 Å². The van der Waals surface area contributed by atoms with Crippen LogP contribution in [0.1, 0.15) is 13.3 Å². The highest BCUT2D eigenvalue weighted by atomic mass is 19.4. The van der Waals surface area contributed by atoms with Crippen molar-refractivity contribution in [2.75, 3.05) is 0 Å². The Morgan fingerprint density at radius 3 is 1.47 bits per heavy atom. The fourth-order valence-electron chi connectivity index (χ4n) is 0.978. The Kier molecular flexibility index (Phi) is 4.77. The quantitative estimate of drug-likeness (QED) is 0.624. The summed E-state index contributed by atoms with van der Waals surface area (Å²) in [5.74, 6) is -27.2. The van der Waals surface area contributed by atoms with E-state index in [-0.39, 0.29) is 0 Å². The first-order valence-electron chi connectivity index (χ1n) is 4.51. The standard InChI is InChI=1S/C8H6F11/c1-2-3(9)5(12,13)7(16,17)8(18,19)6(14,15)4(10)11/h3H,2H2,1H3. The van der Waals surface area contributed by atoms with Crippen molar-refractivity contribution in [3.8, 4) is 0 Å². The highest BCUT2D eigenvalue weighted by molar-refractivity contribution is 5.10. The minimum absolute atomic E-state index is 0.548. The van der Waals surface area contributed by atoms with E-state index in [1.807, 2.05) is 0 Å². The number of hydrogen-bond acceptors (Lipinski definition) is 0. The van der Waals surface area contributed by atoms with Crippen LogP contribution in [-0.4, -0.2) is 29.9 Å². The first-order valence-corrected chi connectivity index (χ1v) is 4.51. The fourth-order valence-corrected chi connectivity index (χ4v) is 0.978. The van der Waals surface area contributed by atoms with E-state index in [1.54, 1.807) is 0 Å². The average Bonchev–Trinajstić information content (AvgIpc) is 2.26. The third kappa shape index (κ3) is 2.47. The molecule has 0 aliphatic heterocycles. The SMILES string of the molecule is CCC(F)C(F)(F)C(F)(F)C(F)(F)C(F)(F)[C](F)F. The van der Waals surface area contributed by atoms with Gasteiger partial charge in [-0.3, -0.25) is 0 Å². The molecule has 0 heterocycles. The summed E-state index contributed by atoms with van der Waals surface area (Å²) in [6.45, 7) is 0.548. The Balaban J connectivity index is 5.76. The van der Waals surface area contributed by atoms with Gasteiger partial charge >= 0.3 is 30.1 Å². The number of halogens is 11. The van der Waals surface area contributed by atoms with E-state index < -0.39 is 42.7 Å². The summed E-state index contributed by atoms with van der Waals surface area (Å²) in [6, 6.07) is 0. The lowest BCUT2D eigenvalue weighted by atomic mass is 9.95. The zero-order chi connectivity index (χ0) is 15.9. The molecule has 1 radical (unpaired) electrons. The third-order valence-corrected chi connectivity index (χ3v) is 2.20. The van der Waals surface area contributed by atoms with Gasteiger partial charge in [0.25, 0.3) is 0 Å². The van der Waals surface area contributed by atoms with E-state index in [0.717, 1.165) is 0 Å². The van der Waals surface area contributed by atoms with Crippen LogP contribution in [0, 0.1) is 6.43 Å². The second kappa shape index (κ2) is 4.97. The molecule has 0 fully saturated rings. The van der Waals surface area contributed by atoms with Crippen LogP contribution in [0.5, 0.6) is 0 Å². The predicted octanol–water partition coefficient (Wildman–Crippen LogP) is 4.70. The van der Waals surface area contributed by atoms with Crippen molar-refractivity contribution in [3.63, 3.8) is 0 Å². The zero-order valence-corrected chi connectivity index (χ0v) is 8.94. The van der Waals surface area contributed by atoms with Crippen molar-refractivity contribution < 1.29 is 48.3 Å². The molecule has 0 aliphatic carbocycles. The molecule has 0 aromatic heterocycles. The molecule has 19 heavy (non-hydrogen) atoms. The zero-order valence-electron chi connectivity index (χ0n) is 8.94. The summed E-state index contributed by atoms with van der Waals surface area (Å²) in [6.07, 6.45) is -9.81. The van der Waals surface area contributed by atoms with Crippen LogP contribution in [-0.2, 0) is 0 Å². The first-order chi connectivity index (χ1) is 8.17. The van der Waals surface area contributed by atoms with Gasteiger partial charge < -0.3 is 0 Å². The first kappa shape index (κ1) is 18.2. The molecule has 0 rings (SSSR count). The van der Waals surface area contributed by atoms with Gasteiger partial charge in [0.15, 0.2) is 6.17 Å². The lowest BCUT2D eigenvalue weighted by molar-refractivity contribution is -0.379. The lowest BCUT2D eigenvalue weighted by Gasteiger charge is -2.36. The van der Waals surface area contributed by atoms with Gasteiger partial charge in [-0.25, -0.2) is 4.39 Å². The van der Waals surface area contributed by atoms with E-state index in [4.69, 9.17) is 0 Å². The second-order valence-corrected chi connectivity index (χ2v) is 3.48. The van der Waals surface area contributed by atoms with Gasteiger partial charge in [-0.05, 0) is 6.42 Å². The third-order valence-electron chi connectivity index (χ3n) is 2.20. The summed E-state index contributed by atoms with van der Waals surface area (Å²) >= 11 is 0. The van der Waals surface area contributed by atoms with Crippen LogP contribution in [0.4, 0.5) is 48.3 Å². The maximum Gasteiger partial charge on any atom is 0.385 e. The Bertz CT molecular complexity index is 308. The molecule has 0 spiro atoms. The Hall–Kier alpha value is -0.770. The summed E-state index contributed by atoms with van der Waals surface area (Å²) in [7, 11) is 0. The van der Waals surface area contributed by atoms with E-state index in [0.29, 0.717) is 6.92 Å². The summed E-state index contributed by atoms with van der Waals surface area (Å²) in [4.78, 5) is 0. The van der Waals surface area contributed by atoms with E-state index >= 15 is 0 Å². The molecule has 1 atom stereocenters. The number of rotatable bonds is 6. The smallest absolute Gasteiger partial charge is 0.241 e. The molecular formula is C8H6F11. The van der Waals surface area contributed by atoms with Crippen molar-refractivity contribution in [2.45, 2.75) is 43.2 Å². The minimum atomic E-state index is -7.16. The molecule has 0 aliphatic rings. The number of hydrogen-bond donors (Lipinski definition) is 0. The monoisotopic (exact) mass is 311 g/mol. The van der Waals surface area contributed by atoms with Crippen molar-refractivity contribution in [3.05, 3.63) is 6.43 Å². The van der Waals surface area contributed by atoms with Crippen molar-refractivity contribution >= 4 is 0 Å². The molecule has 0 saturated carbocycles. The van der Waals surface area contributed by atoms with Crippen molar-refractivity contribution in [1.82, 2.24) is 0 Å². The maximum atomic E-state index is 12.7. The topological polar surface area (TPSA) is 0 Å². The molecule has 0 aromatic carbocycles. The van der Waals surface area contributed by atoms with Gasteiger partial charge in [-0.15, -0.1) is 0 Å². The predicted molar refractivity (Wildman–Crippen MR) is 40.4 cm³/mol. The van der Waals surface area contributed by atoms with E-state index in [9.17, 15) is 48.3 Å². The molecule has 1 unspecified atom stereocenters. The molecule has 11 heteroatoms.